The topological polar surface area (TPSA) is 69.8 Å². The van der Waals surface area contributed by atoms with Crippen LogP contribution in [0.2, 0.25) is 0 Å². The minimum Gasteiger partial charge on any atom is -0.395 e. The number of nitrogens with zero attached hydrogens (tertiary/aromatic N) is 2. The van der Waals surface area contributed by atoms with Gasteiger partial charge in [-0.25, -0.2) is 0 Å². The van der Waals surface area contributed by atoms with Crippen LogP contribution in [0, 0.1) is 0 Å². The standard InChI is InChI=1S/C8H19N3O2/c1-10(2)3-4-11(5-6-12)8(13)7-9/h12H,3-7,9H2,1-2H3. The lowest BCUT2D eigenvalue weighted by Gasteiger charge is -2.22. The van der Waals surface area contributed by atoms with Gasteiger partial charge in [0, 0.05) is 19.6 Å². The molecule has 0 radical (unpaired) electrons. The summed E-state index contributed by atoms with van der Waals surface area (Å²) in [6.45, 7) is 1.76. The minimum atomic E-state index is -0.115. The largest absolute Gasteiger partial charge is 0.395 e. The number of carbonyl (C=O) groups is 1. The maximum absolute atomic E-state index is 11.2. The molecule has 0 unspecified atom stereocenters. The van der Waals surface area contributed by atoms with E-state index in [1.807, 2.05) is 19.0 Å². The molecule has 0 saturated heterocycles. The molecule has 0 aliphatic rings. The third-order valence-corrected chi connectivity index (χ3v) is 1.71. The van der Waals surface area contributed by atoms with Gasteiger partial charge in [-0.05, 0) is 14.1 Å². The van der Waals surface area contributed by atoms with E-state index in [2.05, 4.69) is 0 Å². The number of carbonyl (C=O) groups excluding carboxylic acids is 1. The average molecular weight is 189 g/mol. The van der Waals surface area contributed by atoms with Gasteiger partial charge in [0.05, 0.1) is 13.2 Å². The van der Waals surface area contributed by atoms with Crippen LogP contribution in [0.15, 0.2) is 0 Å². The first-order chi connectivity index (χ1) is 6.11. The van der Waals surface area contributed by atoms with E-state index in [1.165, 1.54) is 0 Å². The summed E-state index contributed by atoms with van der Waals surface area (Å²) in [7, 11) is 3.87. The Bertz CT molecular complexity index is 150. The third kappa shape index (κ3) is 5.57. The molecule has 13 heavy (non-hydrogen) atoms. The van der Waals surface area contributed by atoms with E-state index in [0.717, 1.165) is 6.54 Å². The van der Waals surface area contributed by atoms with E-state index < -0.39 is 0 Å². The van der Waals surface area contributed by atoms with E-state index >= 15 is 0 Å². The summed E-state index contributed by atoms with van der Waals surface area (Å²) in [6, 6.07) is 0. The lowest BCUT2D eigenvalue weighted by Crippen LogP contribution is -2.41. The van der Waals surface area contributed by atoms with Gasteiger partial charge in [0.2, 0.25) is 5.91 Å². The van der Waals surface area contributed by atoms with Gasteiger partial charge in [-0.3, -0.25) is 4.79 Å². The van der Waals surface area contributed by atoms with Gasteiger partial charge in [0.15, 0.2) is 0 Å². The summed E-state index contributed by atoms with van der Waals surface area (Å²) < 4.78 is 0. The highest BCUT2D eigenvalue weighted by Gasteiger charge is 2.10. The Kier molecular flexibility index (Phi) is 6.48. The second-order valence-corrected chi connectivity index (χ2v) is 3.11. The highest BCUT2D eigenvalue weighted by Crippen LogP contribution is 1.89. The van der Waals surface area contributed by atoms with Crippen LogP contribution in [0.4, 0.5) is 0 Å². The molecule has 0 heterocycles. The van der Waals surface area contributed by atoms with E-state index in [9.17, 15) is 4.79 Å². The molecule has 0 spiro atoms. The van der Waals surface area contributed by atoms with Gasteiger partial charge in [-0.1, -0.05) is 0 Å². The second-order valence-electron chi connectivity index (χ2n) is 3.11. The van der Waals surface area contributed by atoms with Gasteiger partial charge < -0.3 is 20.6 Å². The highest BCUT2D eigenvalue weighted by molar-refractivity contribution is 5.77. The first-order valence-corrected chi connectivity index (χ1v) is 4.35. The number of aliphatic hydroxyl groups is 1. The molecule has 1 amide bonds. The molecular weight excluding hydrogens is 170 g/mol. The second kappa shape index (κ2) is 6.82. The van der Waals surface area contributed by atoms with E-state index in [4.69, 9.17) is 10.8 Å². The van der Waals surface area contributed by atoms with Gasteiger partial charge in [0.25, 0.3) is 0 Å². The van der Waals surface area contributed by atoms with Crippen LogP contribution >= 0.6 is 0 Å². The Balaban J connectivity index is 3.86. The van der Waals surface area contributed by atoms with Crippen molar-refractivity contribution in [3.05, 3.63) is 0 Å². The summed E-state index contributed by atoms with van der Waals surface area (Å²) >= 11 is 0. The fourth-order valence-corrected chi connectivity index (χ4v) is 0.932. The molecule has 5 heteroatoms. The first kappa shape index (κ1) is 12.3. The van der Waals surface area contributed by atoms with Gasteiger partial charge >= 0.3 is 0 Å². The number of rotatable bonds is 6. The monoisotopic (exact) mass is 189 g/mol. The zero-order valence-corrected chi connectivity index (χ0v) is 8.36. The summed E-state index contributed by atoms with van der Waals surface area (Å²) in [5.74, 6) is -0.115. The Hall–Kier alpha value is -0.650. The van der Waals surface area contributed by atoms with Crippen LogP contribution in [0.5, 0.6) is 0 Å². The Morgan fingerprint density at radius 1 is 1.31 bits per heavy atom. The Morgan fingerprint density at radius 3 is 2.31 bits per heavy atom. The van der Waals surface area contributed by atoms with Crippen LogP contribution in [-0.2, 0) is 4.79 Å². The summed E-state index contributed by atoms with van der Waals surface area (Å²) in [6.07, 6.45) is 0. The SMILES string of the molecule is CN(C)CCN(CCO)C(=O)CN. The molecule has 78 valence electrons. The van der Waals surface area contributed by atoms with Crippen molar-refractivity contribution in [1.82, 2.24) is 9.80 Å². The maximum atomic E-state index is 11.2. The Labute approximate surface area is 79.1 Å². The third-order valence-electron chi connectivity index (χ3n) is 1.71. The molecule has 0 aromatic heterocycles. The van der Waals surface area contributed by atoms with E-state index in [1.54, 1.807) is 4.90 Å². The van der Waals surface area contributed by atoms with Crippen molar-refractivity contribution in [1.29, 1.82) is 0 Å². The van der Waals surface area contributed by atoms with Crippen molar-refractivity contribution >= 4 is 5.91 Å². The van der Waals surface area contributed by atoms with Crippen LogP contribution in [0.3, 0.4) is 0 Å². The molecule has 0 atom stereocenters. The zero-order chi connectivity index (χ0) is 10.3. The number of likely N-dealkylation sites (N-methyl/N-ethyl adjacent to an activating group) is 1. The first-order valence-electron chi connectivity index (χ1n) is 4.35. The van der Waals surface area contributed by atoms with Gasteiger partial charge in [-0.15, -0.1) is 0 Å². The highest BCUT2D eigenvalue weighted by atomic mass is 16.3. The van der Waals surface area contributed by atoms with Crippen LogP contribution < -0.4 is 5.73 Å². The van der Waals surface area contributed by atoms with Crippen LogP contribution in [0.25, 0.3) is 0 Å². The fourth-order valence-electron chi connectivity index (χ4n) is 0.932. The van der Waals surface area contributed by atoms with Crippen molar-refractivity contribution in [3.63, 3.8) is 0 Å². The number of hydrogen-bond acceptors (Lipinski definition) is 4. The van der Waals surface area contributed by atoms with Crippen molar-refractivity contribution in [2.24, 2.45) is 5.73 Å². The molecule has 0 aromatic carbocycles. The summed E-state index contributed by atoms with van der Waals surface area (Å²) in [5, 5.41) is 8.70. The number of nitrogens with two attached hydrogens (primary N) is 1. The van der Waals surface area contributed by atoms with Gasteiger partial charge in [0.1, 0.15) is 0 Å². The zero-order valence-electron chi connectivity index (χ0n) is 8.36. The molecule has 5 nitrogen and oxygen atoms in total. The Morgan fingerprint density at radius 2 is 1.92 bits per heavy atom. The van der Waals surface area contributed by atoms with Crippen LogP contribution in [0.1, 0.15) is 0 Å². The van der Waals surface area contributed by atoms with E-state index in [0.29, 0.717) is 13.1 Å². The van der Waals surface area contributed by atoms with Crippen molar-refractivity contribution in [2.45, 2.75) is 0 Å². The normalized spacial score (nSPS) is 10.5. The molecular formula is C8H19N3O2. The smallest absolute Gasteiger partial charge is 0.236 e. The predicted octanol–water partition coefficient (Wildman–Crippen LogP) is -1.67. The lowest BCUT2D eigenvalue weighted by atomic mass is 10.4. The average Bonchev–Trinajstić information content (AvgIpc) is 2.10. The molecule has 0 aliphatic heterocycles. The summed E-state index contributed by atoms with van der Waals surface area (Å²) in [4.78, 5) is 14.7. The minimum absolute atomic E-state index is 0.00737. The van der Waals surface area contributed by atoms with E-state index in [-0.39, 0.29) is 19.1 Å². The molecule has 0 saturated carbocycles. The molecule has 0 rings (SSSR count). The molecule has 0 aliphatic carbocycles. The quantitative estimate of drug-likeness (QED) is 0.524. The fraction of sp³-hybridized carbons (Fsp3) is 0.875. The number of aliphatic hydroxyl groups excluding tert-OH is 1. The van der Waals surface area contributed by atoms with Crippen molar-refractivity contribution in [2.75, 3.05) is 46.9 Å². The summed E-state index contributed by atoms with van der Waals surface area (Å²) in [5.41, 5.74) is 5.22. The molecule has 0 bridgehead atoms. The molecule has 0 aromatic rings. The lowest BCUT2D eigenvalue weighted by molar-refractivity contribution is -0.130. The number of amides is 1. The number of hydrogen-bond donors (Lipinski definition) is 2. The molecule has 3 N–H and O–H groups in total. The van der Waals surface area contributed by atoms with Crippen molar-refractivity contribution in [3.8, 4) is 0 Å². The van der Waals surface area contributed by atoms with Crippen molar-refractivity contribution < 1.29 is 9.90 Å². The predicted molar refractivity (Wildman–Crippen MR) is 51.3 cm³/mol. The maximum Gasteiger partial charge on any atom is 0.236 e. The van der Waals surface area contributed by atoms with Crippen LogP contribution in [-0.4, -0.2) is 67.7 Å². The van der Waals surface area contributed by atoms with Gasteiger partial charge in [-0.2, -0.15) is 0 Å². The molecule has 0 fully saturated rings.